The molecule has 22 heavy (non-hydrogen) atoms. The topological polar surface area (TPSA) is 72.9 Å². The average molecular weight is 349 g/mol. The van der Waals surface area contributed by atoms with Crippen LogP contribution in [0.1, 0.15) is 27.7 Å². The van der Waals surface area contributed by atoms with Crippen molar-refractivity contribution in [1.82, 2.24) is 4.31 Å². The van der Waals surface area contributed by atoms with Crippen LogP contribution in [0.3, 0.4) is 0 Å². The summed E-state index contributed by atoms with van der Waals surface area (Å²) >= 11 is 0. The molecule has 0 aromatic carbocycles. The van der Waals surface area contributed by atoms with Crippen molar-refractivity contribution in [3.8, 4) is 0 Å². The molecule has 0 aromatic heterocycles. The number of alkyl halides is 3. The number of carbonyl (C=O) groups is 1. The van der Waals surface area contributed by atoms with Crippen LogP contribution >= 0.6 is 0 Å². The normalized spacial score (nSPS) is 15.0. The molecular weight excluding hydrogens is 327 g/mol. The minimum Gasteiger partial charge on any atom is -0.459 e. The largest absolute Gasteiger partial charge is 0.459 e. The van der Waals surface area contributed by atoms with Crippen LogP contribution in [0.15, 0.2) is 0 Å². The Morgan fingerprint density at radius 2 is 1.73 bits per heavy atom. The second-order valence-corrected chi connectivity index (χ2v) is 7.81. The van der Waals surface area contributed by atoms with E-state index in [4.69, 9.17) is 9.47 Å². The van der Waals surface area contributed by atoms with E-state index < -0.39 is 52.7 Å². The molecule has 0 aliphatic rings. The lowest BCUT2D eigenvalue weighted by molar-refractivity contribution is -0.159. The second kappa shape index (κ2) is 7.60. The highest BCUT2D eigenvalue weighted by Gasteiger charge is 2.38. The molecule has 0 fully saturated rings. The summed E-state index contributed by atoms with van der Waals surface area (Å²) in [6.07, 6.45) is -5.58. The maximum atomic E-state index is 12.6. The number of nitrogens with zero attached hydrogens (tertiary/aromatic N) is 1. The summed E-state index contributed by atoms with van der Waals surface area (Å²) in [6, 6.07) is 0. The van der Waals surface area contributed by atoms with Crippen LogP contribution in [0.2, 0.25) is 0 Å². The van der Waals surface area contributed by atoms with E-state index in [1.807, 2.05) is 0 Å². The predicted molar refractivity (Wildman–Crippen MR) is 73.7 cm³/mol. The van der Waals surface area contributed by atoms with Gasteiger partial charge < -0.3 is 9.47 Å². The van der Waals surface area contributed by atoms with Crippen LogP contribution in [0.4, 0.5) is 13.2 Å². The molecule has 6 nitrogen and oxygen atoms in total. The molecule has 0 saturated carbocycles. The van der Waals surface area contributed by atoms with Crippen LogP contribution in [-0.2, 0) is 24.3 Å². The molecule has 0 aliphatic heterocycles. The molecule has 0 heterocycles. The van der Waals surface area contributed by atoms with E-state index in [2.05, 4.69) is 0 Å². The van der Waals surface area contributed by atoms with Gasteiger partial charge >= 0.3 is 12.1 Å². The average Bonchev–Trinajstić information content (AvgIpc) is 2.22. The first-order chi connectivity index (χ1) is 9.66. The van der Waals surface area contributed by atoms with Crippen molar-refractivity contribution in [2.75, 3.05) is 26.0 Å². The molecule has 0 bridgehead atoms. The lowest BCUT2D eigenvalue weighted by Crippen LogP contribution is -2.45. The van der Waals surface area contributed by atoms with Gasteiger partial charge in [-0.2, -0.15) is 17.5 Å². The monoisotopic (exact) mass is 349 g/mol. The standard InChI is InChI=1S/C12H22F3NO5S/c1-9(20-5)7-22(18,19)16(8-12(13,14)15)6-10(17)21-11(2,3)4/h9H,6-8H2,1-5H3/t9-/m0/s1. The Hall–Kier alpha value is -0.870. The summed E-state index contributed by atoms with van der Waals surface area (Å²) < 4.78 is 71.4. The second-order valence-electron chi connectivity index (χ2n) is 5.79. The fourth-order valence-electron chi connectivity index (χ4n) is 1.44. The Kier molecular flexibility index (Phi) is 7.30. The third kappa shape index (κ3) is 9.21. The van der Waals surface area contributed by atoms with Crippen molar-refractivity contribution < 1.29 is 35.9 Å². The zero-order chi connectivity index (χ0) is 17.8. The fourth-order valence-corrected chi connectivity index (χ4v) is 3.03. The van der Waals surface area contributed by atoms with Gasteiger partial charge in [-0.1, -0.05) is 0 Å². The molecule has 0 spiro atoms. The molecule has 0 rings (SSSR count). The Labute approximate surface area is 128 Å². The third-order valence-corrected chi connectivity index (χ3v) is 4.26. The summed E-state index contributed by atoms with van der Waals surface area (Å²) in [6.45, 7) is 3.22. The van der Waals surface area contributed by atoms with Crippen molar-refractivity contribution in [2.45, 2.75) is 45.6 Å². The van der Waals surface area contributed by atoms with E-state index >= 15 is 0 Å². The molecule has 132 valence electrons. The van der Waals surface area contributed by atoms with Crippen LogP contribution in [-0.4, -0.2) is 62.5 Å². The zero-order valence-electron chi connectivity index (χ0n) is 13.2. The van der Waals surface area contributed by atoms with Crippen molar-refractivity contribution in [3.05, 3.63) is 0 Å². The lowest BCUT2D eigenvalue weighted by atomic mass is 10.2. The van der Waals surface area contributed by atoms with Gasteiger partial charge in [0, 0.05) is 7.11 Å². The van der Waals surface area contributed by atoms with Crippen molar-refractivity contribution >= 4 is 16.0 Å². The molecule has 0 amide bonds. The van der Waals surface area contributed by atoms with E-state index in [0.717, 1.165) is 0 Å². The number of esters is 1. The Morgan fingerprint density at radius 3 is 2.09 bits per heavy atom. The zero-order valence-corrected chi connectivity index (χ0v) is 14.0. The molecule has 0 radical (unpaired) electrons. The van der Waals surface area contributed by atoms with E-state index in [0.29, 0.717) is 0 Å². The number of hydrogen-bond donors (Lipinski definition) is 0. The van der Waals surface area contributed by atoms with Gasteiger partial charge in [0.05, 0.1) is 11.9 Å². The quantitative estimate of drug-likeness (QED) is 0.652. The molecule has 0 aliphatic carbocycles. The number of sulfonamides is 1. The van der Waals surface area contributed by atoms with Crippen molar-refractivity contribution in [2.24, 2.45) is 0 Å². The van der Waals surface area contributed by atoms with E-state index in [1.165, 1.54) is 34.8 Å². The summed E-state index contributed by atoms with van der Waals surface area (Å²) in [4.78, 5) is 11.6. The Morgan fingerprint density at radius 1 is 1.23 bits per heavy atom. The maximum Gasteiger partial charge on any atom is 0.402 e. The van der Waals surface area contributed by atoms with E-state index in [1.54, 1.807) is 0 Å². The van der Waals surface area contributed by atoms with Crippen LogP contribution in [0, 0.1) is 0 Å². The summed E-state index contributed by atoms with van der Waals surface area (Å²) in [5.41, 5.74) is -0.926. The fraction of sp³-hybridized carbons (Fsp3) is 0.917. The number of carbonyl (C=O) groups excluding carboxylic acids is 1. The Balaban J connectivity index is 5.17. The maximum absolute atomic E-state index is 12.6. The smallest absolute Gasteiger partial charge is 0.402 e. The number of hydrogen-bond acceptors (Lipinski definition) is 5. The summed E-state index contributed by atoms with van der Waals surface area (Å²) in [5.74, 6) is -1.71. The third-order valence-electron chi connectivity index (χ3n) is 2.32. The first-order valence-electron chi connectivity index (χ1n) is 6.45. The number of methoxy groups -OCH3 is 1. The number of ether oxygens (including phenoxy) is 2. The first-order valence-corrected chi connectivity index (χ1v) is 8.06. The van der Waals surface area contributed by atoms with Crippen LogP contribution in [0.5, 0.6) is 0 Å². The van der Waals surface area contributed by atoms with Crippen molar-refractivity contribution in [3.63, 3.8) is 0 Å². The van der Waals surface area contributed by atoms with Gasteiger partial charge in [-0.15, -0.1) is 0 Å². The molecular formula is C12H22F3NO5S. The highest BCUT2D eigenvalue weighted by Crippen LogP contribution is 2.20. The van der Waals surface area contributed by atoms with Gasteiger partial charge in [-0.3, -0.25) is 4.79 Å². The highest BCUT2D eigenvalue weighted by atomic mass is 32.2. The Bertz CT molecular complexity index is 470. The van der Waals surface area contributed by atoms with Gasteiger partial charge in [-0.05, 0) is 27.7 Å². The van der Waals surface area contributed by atoms with Crippen LogP contribution in [0.25, 0.3) is 0 Å². The van der Waals surface area contributed by atoms with E-state index in [9.17, 15) is 26.4 Å². The minimum atomic E-state index is -4.77. The number of halogens is 3. The van der Waals surface area contributed by atoms with Gasteiger partial charge in [-0.25, -0.2) is 8.42 Å². The molecule has 0 aromatic rings. The molecule has 10 heteroatoms. The SMILES string of the molecule is CO[C@@H](C)CS(=O)(=O)N(CC(=O)OC(C)(C)C)CC(F)(F)F. The van der Waals surface area contributed by atoms with Gasteiger partial charge in [0.25, 0.3) is 0 Å². The van der Waals surface area contributed by atoms with Gasteiger partial charge in [0.2, 0.25) is 10.0 Å². The highest BCUT2D eigenvalue weighted by molar-refractivity contribution is 7.89. The molecule has 0 unspecified atom stereocenters. The van der Waals surface area contributed by atoms with Crippen molar-refractivity contribution in [1.29, 1.82) is 0 Å². The van der Waals surface area contributed by atoms with Crippen LogP contribution < -0.4 is 0 Å². The van der Waals surface area contributed by atoms with Gasteiger partial charge in [0.1, 0.15) is 18.7 Å². The van der Waals surface area contributed by atoms with Gasteiger partial charge in [0.15, 0.2) is 0 Å². The number of rotatable bonds is 7. The molecule has 1 atom stereocenters. The first kappa shape index (κ1) is 21.1. The van der Waals surface area contributed by atoms with E-state index in [-0.39, 0.29) is 4.31 Å². The summed E-state index contributed by atoms with van der Waals surface area (Å²) in [7, 11) is -3.09. The lowest BCUT2D eigenvalue weighted by Gasteiger charge is -2.26. The minimum absolute atomic E-state index is 0.0661. The summed E-state index contributed by atoms with van der Waals surface area (Å²) in [5, 5.41) is 0. The molecule has 0 saturated heterocycles. The predicted octanol–water partition coefficient (Wildman–Crippen LogP) is 1.56. The molecule has 0 N–H and O–H groups in total.